The molecule has 1 aromatic carbocycles. The van der Waals surface area contributed by atoms with Gasteiger partial charge in [0.15, 0.2) is 0 Å². The van der Waals surface area contributed by atoms with Crippen molar-refractivity contribution in [3.8, 4) is 0 Å². The van der Waals surface area contributed by atoms with Crippen LogP contribution in [0.5, 0.6) is 0 Å². The van der Waals surface area contributed by atoms with E-state index in [0.717, 1.165) is 5.56 Å². The van der Waals surface area contributed by atoms with Crippen LogP contribution in [0.25, 0.3) is 0 Å². The van der Waals surface area contributed by atoms with Crippen molar-refractivity contribution in [2.24, 2.45) is 11.1 Å². The minimum atomic E-state index is -0.378. The highest BCUT2D eigenvalue weighted by atomic mass is 35.5. The number of halogens is 2. The lowest BCUT2D eigenvalue weighted by atomic mass is 9.76. The molecular weight excluding hydrogens is 249 g/mol. The first-order valence-corrected chi connectivity index (χ1v) is 5.74. The second-order valence-corrected chi connectivity index (χ2v) is 4.98. The van der Waals surface area contributed by atoms with E-state index in [1.807, 2.05) is 6.07 Å². The highest BCUT2D eigenvalue weighted by molar-refractivity contribution is 6.42. The molecule has 1 saturated heterocycles. The monoisotopic (exact) mass is 261 g/mol. The Morgan fingerprint density at radius 3 is 2.50 bits per heavy atom. The van der Waals surface area contributed by atoms with Crippen LogP contribution in [-0.2, 0) is 4.74 Å². The van der Waals surface area contributed by atoms with Crippen LogP contribution in [0.4, 0.5) is 0 Å². The molecular formula is C11H13Cl2NO2. The third-order valence-corrected chi connectivity index (χ3v) is 3.80. The molecule has 3 N–H and O–H groups in total. The molecule has 0 aliphatic carbocycles. The second kappa shape index (κ2) is 4.51. The molecule has 1 heterocycles. The first kappa shape index (κ1) is 12.1. The first-order chi connectivity index (χ1) is 7.59. The van der Waals surface area contributed by atoms with Gasteiger partial charge in [-0.15, -0.1) is 0 Å². The van der Waals surface area contributed by atoms with Crippen LogP contribution in [-0.4, -0.2) is 24.9 Å². The fourth-order valence-corrected chi connectivity index (χ4v) is 2.10. The Morgan fingerprint density at radius 1 is 1.38 bits per heavy atom. The van der Waals surface area contributed by atoms with Gasteiger partial charge < -0.3 is 15.6 Å². The first-order valence-electron chi connectivity index (χ1n) is 4.98. The van der Waals surface area contributed by atoms with Crippen LogP contribution in [0.3, 0.4) is 0 Å². The molecule has 1 aliphatic rings. The number of nitrogens with two attached hydrogens (primary N) is 1. The van der Waals surface area contributed by atoms with E-state index >= 15 is 0 Å². The van der Waals surface area contributed by atoms with Gasteiger partial charge in [0.05, 0.1) is 35.3 Å². The van der Waals surface area contributed by atoms with E-state index < -0.39 is 0 Å². The second-order valence-electron chi connectivity index (χ2n) is 4.16. The minimum absolute atomic E-state index is 0.00835. The Bertz CT molecular complexity index is 388. The normalized spacial score (nSPS) is 20.2. The average molecular weight is 262 g/mol. The summed E-state index contributed by atoms with van der Waals surface area (Å²) in [6.07, 6.45) is 0. The Hall–Kier alpha value is -0.320. The molecule has 1 unspecified atom stereocenters. The summed E-state index contributed by atoms with van der Waals surface area (Å²) in [5.74, 6) is 0. The number of benzene rings is 1. The largest absolute Gasteiger partial charge is 0.396 e. The predicted octanol–water partition coefficient (Wildman–Crippen LogP) is 2.00. The van der Waals surface area contributed by atoms with Crippen molar-refractivity contribution >= 4 is 23.2 Å². The van der Waals surface area contributed by atoms with Gasteiger partial charge in [-0.2, -0.15) is 0 Å². The molecule has 1 aliphatic heterocycles. The summed E-state index contributed by atoms with van der Waals surface area (Å²) in [5, 5.41) is 10.3. The van der Waals surface area contributed by atoms with Crippen LogP contribution in [0.1, 0.15) is 11.6 Å². The summed E-state index contributed by atoms with van der Waals surface area (Å²) in [5.41, 5.74) is 6.61. The predicted molar refractivity (Wildman–Crippen MR) is 63.7 cm³/mol. The summed E-state index contributed by atoms with van der Waals surface area (Å²) in [7, 11) is 0. The highest BCUT2D eigenvalue weighted by Crippen LogP contribution is 2.39. The quantitative estimate of drug-likeness (QED) is 0.876. The molecule has 1 fully saturated rings. The number of hydrogen-bond acceptors (Lipinski definition) is 3. The maximum atomic E-state index is 9.37. The van der Waals surface area contributed by atoms with Crippen LogP contribution in [0.15, 0.2) is 18.2 Å². The van der Waals surface area contributed by atoms with Crippen molar-refractivity contribution in [1.82, 2.24) is 0 Å². The third-order valence-electron chi connectivity index (χ3n) is 3.06. The van der Waals surface area contributed by atoms with Crippen LogP contribution in [0.2, 0.25) is 10.0 Å². The lowest BCUT2D eigenvalue weighted by molar-refractivity contribution is -0.150. The molecule has 2 rings (SSSR count). The standard InChI is InChI=1S/C11H13Cl2NO2/c12-8-2-1-7(3-9(8)13)10(14)11(4-15)5-16-6-11/h1-3,10,15H,4-6,14H2. The van der Waals surface area contributed by atoms with Gasteiger partial charge in [-0.25, -0.2) is 0 Å². The lowest BCUT2D eigenvalue weighted by Gasteiger charge is -2.44. The van der Waals surface area contributed by atoms with Gasteiger partial charge in [-0.05, 0) is 17.7 Å². The molecule has 0 bridgehead atoms. The topological polar surface area (TPSA) is 55.5 Å². The van der Waals surface area contributed by atoms with Crippen molar-refractivity contribution in [2.75, 3.05) is 19.8 Å². The highest BCUT2D eigenvalue weighted by Gasteiger charge is 2.44. The molecule has 1 aromatic rings. The molecule has 1 atom stereocenters. The van der Waals surface area contributed by atoms with Crippen molar-refractivity contribution in [1.29, 1.82) is 0 Å². The van der Waals surface area contributed by atoms with E-state index in [9.17, 15) is 5.11 Å². The molecule has 5 heteroatoms. The van der Waals surface area contributed by atoms with E-state index in [1.54, 1.807) is 12.1 Å². The molecule has 0 saturated carbocycles. The molecule has 0 aromatic heterocycles. The van der Waals surface area contributed by atoms with Gasteiger partial charge >= 0.3 is 0 Å². The van der Waals surface area contributed by atoms with Gasteiger partial charge in [0.2, 0.25) is 0 Å². The van der Waals surface area contributed by atoms with Gasteiger partial charge in [0.1, 0.15) is 0 Å². The van der Waals surface area contributed by atoms with Crippen LogP contribution < -0.4 is 5.73 Å². The fraction of sp³-hybridized carbons (Fsp3) is 0.455. The minimum Gasteiger partial charge on any atom is -0.396 e. The zero-order valence-electron chi connectivity index (χ0n) is 8.62. The smallest absolute Gasteiger partial charge is 0.0595 e. The molecule has 16 heavy (non-hydrogen) atoms. The average Bonchev–Trinajstić information content (AvgIpc) is 2.21. The number of hydrogen-bond donors (Lipinski definition) is 2. The Morgan fingerprint density at radius 2 is 2.06 bits per heavy atom. The van der Waals surface area contributed by atoms with Crippen LogP contribution >= 0.6 is 23.2 Å². The summed E-state index contributed by atoms with van der Waals surface area (Å²) < 4.78 is 5.13. The van der Waals surface area contributed by atoms with E-state index in [2.05, 4.69) is 0 Å². The Balaban J connectivity index is 2.26. The summed E-state index contributed by atoms with van der Waals surface area (Å²) in [6, 6.07) is 4.99. The summed E-state index contributed by atoms with van der Waals surface area (Å²) >= 11 is 11.8. The molecule has 3 nitrogen and oxygen atoms in total. The Kier molecular flexibility index (Phi) is 3.42. The van der Waals surface area contributed by atoms with Gasteiger partial charge in [0, 0.05) is 6.04 Å². The Labute approximate surface area is 104 Å². The van der Waals surface area contributed by atoms with E-state index in [-0.39, 0.29) is 18.1 Å². The van der Waals surface area contributed by atoms with Gasteiger partial charge in [0.25, 0.3) is 0 Å². The summed E-state index contributed by atoms with van der Waals surface area (Å²) in [6.45, 7) is 0.963. The summed E-state index contributed by atoms with van der Waals surface area (Å²) in [4.78, 5) is 0. The zero-order chi connectivity index (χ0) is 11.8. The number of aliphatic hydroxyl groups is 1. The molecule has 0 radical (unpaired) electrons. The van der Waals surface area contributed by atoms with E-state index in [0.29, 0.717) is 23.3 Å². The van der Waals surface area contributed by atoms with Gasteiger partial charge in [-0.3, -0.25) is 0 Å². The van der Waals surface area contributed by atoms with Crippen molar-refractivity contribution in [3.63, 3.8) is 0 Å². The third kappa shape index (κ3) is 1.94. The lowest BCUT2D eigenvalue weighted by Crippen LogP contribution is -2.52. The molecule has 0 amide bonds. The maximum absolute atomic E-state index is 9.37. The fourth-order valence-electron chi connectivity index (χ4n) is 1.79. The molecule has 88 valence electrons. The molecule has 0 spiro atoms. The van der Waals surface area contributed by atoms with E-state index in [1.165, 1.54) is 0 Å². The van der Waals surface area contributed by atoms with E-state index in [4.69, 9.17) is 33.7 Å². The SMILES string of the molecule is NC(c1ccc(Cl)c(Cl)c1)C1(CO)COC1. The van der Waals surface area contributed by atoms with Gasteiger partial charge in [-0.1, -0.05) is 29.3 Å². The van der Waals surface area contributed by atoms with Crippen LogP contribution in [0, 0.1) is 5.41 Å². The number of ether oxygens (including phenoxy) is 1. The van der Waals surface area contributed by atoms with Crippen molar-refractivity contribution in [3.05, 3.63) is 33.8 Å². The number of aliphatic hydroxyl groups excluding tert-OH is 1. The zero-order valence-corrected chi connectivity index (χ0v) is 10.1. The number of rotatable bonds is 3. The van der Waals surface area contributed by atoms with Crippen molar-refractivity contribution in [2.45, 2.75) is 6.04 Å². The van der Waals surface area contributed by atoms with Crippen molar-refractivity contribution < 1.29 is 9.84 Å². The maximum Gasteiger partial charge on any atom is 0.0595 e.